The normalized spacial score (nSPS) is 18.8. The molecular weight excluding hydrogens is 488 g/mol. The summed E-state index contributed by atoms with van der Waals surface area (Å²) < 4.78 is 42.2. The van der Waals surface area contributed by atoms with E-state index in [1.807, 2.05) is 24.3 Å². The number of amides is 1. The first-order valence-electron chi connectivity index (χ1n) is 13.8. The molecule has 0 saturated heterocycles. The molecule has 2 saturated carbocycles. The third-order valence-corrected chi connectivity index (χ3v) is 8.23. The molecule has 2 aromatic carbocycles. The summed E-state index contributed by atoms with van der Waals surface area (Å²) in [7, 11) is 3.24. The Labute approximate surface area is 222 Å². The van der Waals surface area contributed by atoms with Crippen LogP contribution in [0.4, 0.5) is 8.78 Å². The van der Waals surface area contributed by atoms with Crippen molar-refractivity contribution in [1.82, 2.24) is 14.9 Å². The summed E-state index contributed by atoms with van der Waals surface area (Å²) in [5, 5.41) is 3.26. The summed E-state index contributed by atoms with van der Waals surface area (Å²) in [6, 6.07) is 8.83. The standard InChI is InChI=1S/C30H37F2N3O3/c1-37-22-15-13-19(14-16-22)27(30(36)33-21-11-7-4-8-12-21)35-26-18-24(32)23(31)17-25(26)34-29(35)28(38-2)20-9-5-3-6-10-20/h13-18,20-21,27-28H,3-12H2,1-2H3,(H,33,36). The Hall–Kier alpha value is -3.00. The molecule has 5 rings (SSSR count). The molecule has 2 atom stereocenters. The van der Waals surface area contributed by atoms with Crippen LogP contribution in [0.25, 0.3) is 11.0 Å². The van der Waals surface area contributed by atoms with Crippen LogP contribution in [0.5, 0.6) is 5.75 Å². The lowest BCUT2D eigenvalue weighted by molar-refractivity contribution is -0.124. The maximum absolute atomic E-state index is 14.6. The second kappa shape index (κ2) is 11.8. The van der Waals surface area contributed by atoms with Gasteiger partial charge in [0.05, 0.1) is 18.1 Å². The van der Waals surface area contributed by atoms with Crippen LogP contribution in [0.15, 0.2) is 36.4 Å². The summed E-state index contributed by atoms with van der Waals surface area (Å²) in [5.74, 6) is -0.728. The second-order valence-electron chi connectivity index (χ2n) is 10.7. The first-order valence-corrected chi connectivity index (χ1v) is 13.8. The summed E-state index contributed by atoms with van der Waals surface area (Å²) in [4.78, 5) is 18.9. The number of hydrogen-bond donors (Lipinski definition) is 1. The predicted octanol–water partition coefficient (Wildman–Crippen LogP) is 6.63. The zero-order chi connectivity index (χ0) is 26.6. The monoisotopic (exact) mass is 525 g/mol. The highest BCUT2D eigenvalue weighted by Gasteiger charge is 2.35. The summed E-state index contributed by atoms with van der Waals surface area (Å²) in [5.41, 5.74) is 1.39. The van der Waals surface area contributed by atoms with E-state index in [4.69, 9.17) is 14.5 Å². The molecule has 1 amide bonds. The number of carbonyl (C=O) groups excluding carboxylic acids is 1. The number of benzene rings is 2. The van der Waals surface area contributed by atoms with Crippen molar-refractivity contribution in [2.75, 3.05) is 14.2 Å². The van der Waals surface area contributed by atoms with Gasteiger partial charge in [-0.15, -0.1) is 0 Å². The van der Waals surface area contributed by atoms with Crippen LogP contribution < -0.4 is 10.1 Å². The van der Waals surface area contributed by atoms with Gasteiger partial charge in [0.1, 0.15) is 23.7 Å². The lowest BCUT2D eigenvalue weighted by atomic mass is 9.84. The van der Waals surface area contributed by atoms with Gasteiger partial charge in [0, 0.05) is 25.3 Å². The average Bonchev–Trinajstić information content (AvgIpc) is 3.28. The minimum atomic E-state index is -0.974. The van der Waals surface area contributed by atoms with E-state index in [2.05, 4.69) is 5.32 Å². The molecule has 2 unspecified atom stereocenters. The molecule has 0 aliphatic heterocycles. The van der Waals surface area contributed by atoms with E-state index in [0.717, 1.165) is 63.5 Å². The molecule has 38 heavy (non-hydrogen) atoms. The van der Waals surface area contributed by atoms with Gasteiger partial charge >= 0.3 is 0 Å². The van der Waals surface area contributed by atoms with E-state index in [0.29, 0.717) is 28.2 Å². The number of imidazole rings is 1. The fraction of sp³-hybridized carbons (Fsp3) is 0.533. The largest absolute Gasteiger partial charge is 0.497 e. The minimum absolute atomic E-state index is 0.0842. The van der Waals surface area contributed by atoms with Crippen molar-refractivity contribution in [3.05, 3.63) is 59.4 Å². The summed E-state index contributed by atoms with van der Waals surface area (Å²) >= 11 is 0. The average molecular weight is 526 g/mol. The van der Waals surface area contributed by atoms with E-state index >= 15 is 0 Å². The molecule has 1 heterocycles. The van der Waals surface area contributed by atoms with E-state index in [1.54, 1.807) is 18.8 Å². The first-order chi connectivity index (χ1) is 18.5. The lowest BCUT2D eigenvalue weighted by Gasteiger charge is -2.32. The number of fused-ring (bicyclic) bond motifs is 1. The Morgan fingerprint density at radius 3 is 2.21 bits per heavy atom. The van der Waals surface area contributed by atoms with Crippen molar-refractivity contribution in [3.8, 4) is 5.75 Å². The van der Waals surface area contributed by atoms with Crippen LogP contribution in [-0.4, -0.2) is 35.7 Å². The molecule has 2 aliphatic rings. The molecular formula is C30H37F2N3O3. The van der Waals surface area contributed by atoms with Gasteiger partial charge in [-0.25, -0.2) is 13.8 Å². The van der Waals surface area contributed by atoms with Crippen molar-refractivity contribution < 1.29 is 23.0 Å². The van der Waals surface area contributed by atoms with Crippen LogP contribution in [0.3, 0.4) is 0 Å². The van der Waals surface area contributed by atoms with Crippen LogP contribution in [0, 0.1) is 17.6 Å². The fourth-order valence-electron chi connectivity index (χ4n) is 6.26. The van der Waals surface area contributed by atoms with Crippen molar-refractivity contribution in [1.29, 1.82) is 0 Å². The molecule has 204 valence electrons. The van der Waals surface area contributed by atoms with Gasteiger partial charge in [-0.3, -0.25) is 4.79 Å². The molecule has 2 fully saturated rings. The number of rotatable bonds is 8. The molecule has 1 N–H and O–H groups in total. The Balaban J connectivity index is 1.67. The number of hydrogen-bond acceptors (Lipinski definition) is 4. The number of aromatic nitrogens is 2. The number of methoxy groups -OCH3 is 2. The predicted molar refractivity (Wildman–Crippen MR) is 142 cm³/mol. The summed E-state index contributed by atoms with van der Waals surface area (Å²) in [6.07, 6.45) is 10.1. The Morgan fingerprint density at radius 2 is 1.58 bits per heavy atom. The van der Waals surface area contributed by atoms with Gasteiger partial charge in [-0.1, -0.05) is 50.7 Å². The number of carbonyl (C=O) groups is 1. The quantitative estimate of drug-likeness (QED) is 0.359. The fourth-order valence-corrected chi connectivity index (χ4v) is 6.26. The molecule has 3 aromatic rings. The van der Waals surface area contributed by atoms with Crippen molar-refractivity contribution in [2.45, 2.75) is 82.4 Å². The molecule has 0 spiro atoms. The Kier molecular flexibility index (Phi) is 8.27. The van der Waals surface area contributed by atoms with E-state index < -0.39 is 23.8 Å². The molecule has 0 bridgehead atoms. The molecule has 6 nitrogen and oxygen atoms in total. The number of ether oxygens (including phenoxy) is 2. The van der Waals surface area contributed by atoms with Crippen LogP contribution in [0.1, 0.15) is 87.7 Å². The molecule has 8 heteroatoms. The number of nitrogens with zero attached hydrogens (tertiary/aromatic N) is 2. The molecule has 0 radical (unpaired) electrons. The third-order valence-electron chi connectivity index (χ3n) is 8.23. The zero-order valence-electron chi connectivity index (χ0n) is 22.2. The van der Waals surface area contributed by atoms with Crippen LogP contribution in [0.2, 0.25) is 0 Å². The van der Waals surface area contributed by atoms with E-state index in [9.17, 15) is 13.6 Å². The summed E-state index contributed by atoms with van der Waals surface area (Å²) in [6.45, 7) is 0. The molecule has 1 aromatic heterocycles. The van der Waals surface area contributed by atoms with Gasteiger partial charge in [0.25, 0.3) is 0 Å². The molecule has 2 aliphatic carbocycles. The lowest BCUT2D eigenvalue weighted by Crippen LogP contribution is -2.41. The van der Waals surface area contributed by atoms with Gasteiger partial charge in [0.15, 0.2) is 11.6 Å². The van der Waals surface area contributed by atoms with Crippen LogP contribution >= 0.6 is 0 Å². The maximum atomic E-state index is 14.6. The highest BCUT2D eigenvalue weighted by atomic mass is 19.2. The van der Waals surface area contributed by atoms with Gasteiger partial charge in [-0.05, 0) is 49.3 Å². The van der Waals surface area contributed by atoms with Gasteiger partial charge in [0.2, 0.25) is 5.91 Å². The number of halogens is 2. The van der Waals surface area contributed by atoms with E-state index in [-0.39, 0.29) is 17.9 Å². The Morgan fingerprint density at radius 1 is 0.947 bits per heavy atom. The highest BCUT2D eigenvalue weighted by Crippen LogP contribution is 2.40. The number of nitrogens with one attached hydrogen (secondary N) is 1. The van der Waals surface area contributed by atoms with Gasteiger partial charge in [-0.2, -0.15) is 0 Å². The topological polar surface area (TPSA) is 65.4 Å². The first kappa shape index (κ1) is 26.6. The van der Waals surface area contributed by atoms with Gasteiger partial charge < -0.3 is 19.4 Å². The minimum Gasteiger partial charge on any atom is -0.497 e. The smallest absolute Gasteiger partial charge is 0.247 e. The van der Waals surface area contributed by atoms with Crippen LogP contribution in [-0.2, 0) is 9.53 Å². The van der Waals surface area contributed by atoms with Crippen molar-refractivity contribution in [2.24, 2.45) is 5.92 Å². The zero-order valence-corrected chi connectivity index (χ0v) is 22.2. The highest BCUT2D eigenvalue weighted by molar-refractivity contribution is 5.87. The van der Waals surface area contributed by atoms with E-state index in [1.165, 1.54) is 12.8 Å². The SMILES string of the molecule is COc1ccc(C(C(=O)NC2CCCCC2)n2c(C(OC)C3CCCCC3)nc3cc(F)c(F)cc32)cc1. The maximum Gasteiger partial charge on any atom is 0.247 e. The van der Waals surface area contributed by atoms with Crippen molar-refractivity contribution >= 4 is 16.9 Å². The Bertz CT molecular complexity index is 1250. The van der Waals surface area contributed by atoms with Crippen molar-refractivity contribution in [3.63, 3.8) is 0 Å². The second-order valence-corrected chi connectivity index (χ2v) is 10.7. The third kappa shape index (κ3) is 5.41.